The van der Waals surface area contributed by atoms with E-state index in [0.29, 0.717) is 18.3 Å². The second kappa shape index (κ2) is 6.47. The zero-order valence-electron chi connectivity index (χ0n) is 14.8. The van der Waals surface area contributed by atoms with E-state index in [9.17, 15) is 4.79 Å². The van der Waals surface area contributed by atoms with E-state index in [1.54, 1.807) is 0 Å². The van der Waals surface area contributed by atoms with Crippen LogP contribution in [-0.2, 0) is 14.9 Å². The molecule has 1 saturated heterocycles. The Morgan fingerprint density at radius 3 is 2.48 bits per heavy atom. The maximum atomic E-state index is 12.1. The van der Waals surface area contributed by atoms with Crippen molar-refractivity contribution in [3.63, 3.8) is 0 Å². The number of hydrogen-bond acceptors (Lipinski definition) is 6. The summed E-state index contributed by atoms with van der Waals surface area (Å²) >= 11 is 0. The molecule has 1 N–H and O–H groups in total. The van der Waals surface area contributed by atoms with E-state index in [1.807, 2.05) is 41.5 Å². The van der Waals surface area contributed by atoms with Crippen molar-refractivity contribution in [1.82, 2.24) is 15.5 Å². The standard InChI is InChI=1S/C16H27N3O4/c1-15(2,3)13-18-12(23-19-13)11(10-8-7-9-21-10)17-14(20)22-16(4,5)6/h10-11H,7-9H2,1-6H3,(H,17,20). The van der Waals surface area contributed by atoms with Crippen LogP contribution in [0.2, 0.25) is 0 Å². The minimum Gasteiger partial charge on any atom is -0.444 e. The summed E-state index contributed by atoms with van der Waals surface area (Å²) in [6.45, 7) is 12.1. The van der Waals surface area contributed by atoms with E-state index in [0.717, 1.165) is 12.8 Å². The summed E-state index contributed by atoms with van der Waals surface area (Å²) in [4.78, 5) is 16.6. The van der Waals surface area contributed by atoms with Crippen molar-refractivity contribution in [2.45, 2.75) is 77.5 Å². The van der Waals surface area contributed by atoms with Crippen LogP contribution in [0.15, 0.2) is 4.52 Å². The second-order valence-corrected chi connectivity index (χ2v) is 7.88. The molecule has 23 heavy (non-hydrogen) atoms. The van der Waals surface area contributed by atoms with Gasteiger partial charge in [0.1, 0.15) is 11.6 Å². The first-order valence-corrected chi connectivity index (χ1v) is 8.01. The van der Waals surface area contributed by atoms with Crippen molar-refractivity contribution in [3.05, 3.63) is 11.7 Å². The fraction of sp³-hybridized carbons (Fsp3) is 0.812. The Labute approximate surface area is 137 Å². The van der Waals surface area contributed by atoms with E-state index in [4.69, 9.17) is 14.0 Å². The van der Waals surface area contributed by atoms with E-state index in [2.05, 4.69) is 15.5 Å². The molecule has 0 bridgehead atoms. The molecule has 1 aliphatic heterocycles. The molecule has 1 aromatic rings. The Hall–Kier alpha value is -1.63. The molecular formula is C16H27N3O4. The van der Waals surface area contributed by atoms with Crippen LogP contribution >= 0.6 is 0 Å². The molecule has 7 heteroatoms. The van der Waals surface area contributed by atoms with Gasteiger partial charge in [0.2, 0.25) is 0 Å². The van der Waals surface area contributed by atoms with Crippen LogP contribution in [0.25, 0.3) is 0 Å². The van der Waals surface area contributed by atoms with Crippen LogP contribution in [0.5, 0.6) is 0 Å². The van der Waals surface area contributed by atoms with Gasteiger partial charge in [-0.3, -0.25) is 0 Å². The summed E-state index contributed by atoms with van der Waals surface area (Å²) in [7, 11) is 0. The minimum atomic E-state index is -0.573. The summed E-state index contributed by atoms with van der Waals surface area (Å²) in [5.41, 5.74) is -0.800. The van der Waals surface area contributed by atoms with Gasteiger partial charge in [0.15, 0.2) is 5.82 Å². The molecule has 0 saturated carbocycles. The Morgan fingerprint density at radius 2 is 2.00 bits per heavy atom. The minimum absolute atomic E-state index is 0.184. The van der Waals surface area contributed by atoms with Crippen LogP contribution < -0.4 is 5.32 Å². The predicted octanol–water partition coefficient (Wildman–Crippen LogP) is 3.11. The summed E-state index contributed by atoms with van der Waals surface area (Å²) in [6.07, 6.45) is 1.06. The highest BCUT2D eigenvalue weighted by atomic mass is 16.6. The molecule has 1 fully saturated rings. The fourth-order valence-corrected chi connectivity index (χ4v) is 2.28. The number of carbonyl (C=O) groups excluding carboxylic acids is 1. The highest BCUT2D eigenvalue weighted by Gasteiger charge is 2.35. The van der Waals surface area contributed by atoms with E-state index in [1.165, 1.54) is 0 Å². The van der Waals surface area contributed by atoms with Crippen LogP contribution in [0.3, 0.4) is 0 Å². The topological polar surface area (TPSA) is 86.5 Å². The maximum absolute atomic E-state index is 12.1. The van der Waals surface area contributed by atoms with Gasteiger partial charge in [0.05, 0.1) is 6.10 Å². The van der Waals surface area contributed by atoms with Gasteiger partial charge in [-0.25, -0.2) is 4.79 Å². The van der Waals surface area contributed by atoms with E-state index in [-0.39, 0.29) is 11.5 Å². The molecule has 0 aromatic carbocycles. The maximum Gasteiger partial charge on any atom is 0.408 e. The Kier molecular flexibility index (Phi) is 4.98. The molecular weight excluding hydrogens is 298 g/mol. The van der Waals surface area contributed by atoms with E-state index >= 15 is 0 Å². The highest BCUT2D eigenvalue weighted by molar-refractivity contribution is 5.68. The van der Waals surface area contributed by atoms with E-state index < -0.39 is 17.7 Å². The monoisotopic (exact) mass is 325 g/mol. The van der Waals surface area contributed by atoms with Gasteiger partial charge in [-0.15, -0.1) is 0 Å². The number of rotatable bonds is 3. The third-order valence-corrected chi connectivity index (χ3v) is 3.39. The molecule has 1 aromatic heterocycles. The van der Waals surface area contributed by atoms with Crippen LogP contribution in [0.1, 0.15) is 72.1 Å². The molecule has 2 atom stereocenters. The summed E-state index contributed by atoms with van der Waals surface area (Å²) in [5, 5.41) is 6.84. The zero-order chi connectivity index (χ0) is 17.3. The lowest BCUT2D eigenvalue weighted by molar-refractivity contribution is 0.0318. The first-order valence-electron chi connectivity index (χ1n) is 8.01. The van der Waals surface area contributed by atoms with Crippen molar-refractivity contribution in [3.8, 4) is 0 Å². The average molecular weight is 325 g/mol. The number of nitrogens with one attached hydrogen (secondary N) is 1. The molecule has 0 radical (unpaired) electrons. The predicted molar refractivity (Wildman–Crippen MR) is 84.1 cm³/mol. The molecule has 0 aliphatic carbocycles. The molecule has 2 heterocycles. The van der Waals surface area contributed by atoms with Gasteiger partial charge >= 0.3 is 6.09 Å². The van der Waals surface area contributed by atoms with Crippen molar-refractivity contribution < 1.29 is 18.8 Å². The molecule has 7 nitrogen and oxygen atoms in total. The van der Waals surface area contributed by atoms with Crippen LogP contribution in [0.4, 0.5) is 4.79 Å². The fourth-order valence-electron chi connectivity index (χ4n) is 2.28. The summed E-state index contributed by atoms with van der Waals surface area (Å²) < 4.78 is 16.4. The SMILES string of the molecule is CC(C)(C)OC(=O)NC(c1nc(C(C)(C)C)no1)C1CCCO1. The lowest BCUT2D eigenvalue weighted by Gasteiger charge is -2.24. The lowest BCUT2D eigenvalue weighted by Crippen LogP contribution is -2.39. The summed E-state index contributed by atoms with van der Waals surface area (Å²) in [6, 6.07) is -0.504. The largest absolute Gasteiger partial charge is 0.444 e. The molecule has 0 spiro atoms. The highest BCUT2D eigenvalue weighted by Crippen LogP contribution is 2.28. The molecule has 1 amide bonds. The first-order chi connectivity index (χ1) is 10.6. The normalized spacial score (nSPS) is 20.3. The number of alkyl carbamates (subject to hydrolysis) is 1. The number of ether oxygens (including phenoxy) is 2. The Bertz CT molecular complexity index is 536. The third kappa shape index (κ3) is 4.92. The molecule has 2 unspecified atom stereocenters. The second-order valence-electron chi connectivity index (χ2n) is 7.88. The van der Waals surface area contributed by atoms with Crippen molar-refractivity contribution in [2.24, 2.45) is 0 Å². The van der Waals surface area contributed by atoms with Crippen molar-refractivity contribution in [2.75, 3.05) is 6.61 Å². The first kappa shape index (κ1) is 17.7. The van der Waals surface area contributed by atoms with Crippen LogP contribution in [-0.4, -0.2) is 34.5 Å². The number of nitrogens with zero attached hydrogens (tertiary/aromatic N) is 2. The molecule has 130 valence electrons. The van der Waals surface area contributed by atoms with Crippen molar-refractivity contribution in [1.29, 1.82) is 0 Å². The Balaban J connectivity index is 2.17. The van der Waals surface area contributed by atoms with Crippen molar-refractivity contribution >= 4 is 6.09 Å². The smallest absolute Gasteiger partial charge is 0.408 e. The average Bonchev–Trinajstić information content (AvgIpc) is 3.05. The summed E-state index contributed by atoms with van der Waals surface area (Å²) in [5.74, 6) is 0.953. The van der Waals surface area contributed by atoms with Gasteiger partial charge in [-0.2, -0.15) is 4.98 Å². The van der Waals surface area contributed by atoms with Crippen LogP contribution in [0, 0.1) is 0 Å². The number of carbonyl (C=O) groups is 1. The van der Waals surface area contributed by atoms with Gasteiger partial charge in [0, 0.05) is 12.0 Å². The Morgan fingerprint density at radius 1 is 1.30 bits per heavy atom. The lowest BCUT2D eigenvalue weighted by atomic mass is 9.96. The molecule has 2 rings (SSSR count). The van der Waals surface area contributed by atoms with Gasteiger partial charge in [0.25, 0.3) is 5.89 Å². The number of hydrogen-bond donors (Lipinski definition) is 1. The van der Waals surface area contributed by atoms with Gasteiger partial charge in [-0.1, -0.05) is 25.9 Å². The number of amides is 1. The quantitative estimate of drug-likeness (QED) is 0.919. The van der Waals surface area contributed by atoms with Gasteiger partial charge in [-0.05, 0) is 33.6 Å². The third-order valence-electron chi connectivity index (χ3n) is 3.39. The molecule has 1 aliphatic rings. The number of aromatic nitrogens is 2. The zero-order valence-corrected chi connectivity index (χ0v) is 14.8. The van der Waals surface area contributed by atoms with Gasteiger partial charge < -0.3 is 19.3 Å².